The zero-order chi connectivity index (χ0) is 23.4. The molecule has 9 N–H and O–H groups in total. The Kier molecular flexibility index (Phi) is 5.98. The van der Waals surface area contributed by atoms with Crippen molar-refractivity contribution in [3.8, 4) is 0 Å². The lowest BCUT2D eigenvalue weighted by Crippen LogP contribution is -2.51. The molecule has 0 spiro atoms. The Morgan fingerprint density at radius 2 is 1.84 bits per heavy atom. The largest absolute Gasteiger partial charge is 0.394 e. The molecule has 0 aliphatic carbocycles. The third-order valence-corrected chi connectivity index (χ3v) is 6.92. The molecule has 0 aromatic carbocycles. The number of rotatable bonds is 6. The minimum absolute atomic E-state index is 0.0485. The molecule has 32 heavy (non-hydrogen) atoms. The number of hydrogen-bond donors (Lipinski definition) is 8. The number of fused-ring (bicyclic) bond motifs is 1. The third kappa shape index (κ3) is 3.41. The van der Waals surface area contributed by atoms with Gasteiger partial charge in [0.15, 0.2) is 17.7 Å². The quantitative estimate of drug-likeness (QED) is 0.184. The SMILES string of the molecule is Nc1ncnc2c1ncn2[C@@H]1O[C@H](CO)C(O)C1OC1O[C@H](CO)[C@@H](O)[C@]1(O)P(=O)(O)O. The molecule has 0 saturated carbocycles. The summed E-state index contributed by atoms with van der Waals surface area (Å²) in [4.78, 5) is 31.3. The summed E-state index contributed by atoms with van der Waals surface area (Å²) < 4.78 is 29.6. The zero-order valence-corrected chi connectivity index (χ0v) is 17.1. The van der Waals surface area contributed by atoms with E-state index in [1.54, 1.807) is 0 Å². The standard InChI is InChI=1S/C15H22N5O11P/c16-11-7-12(18-3-17-11)20(4-19-7)13-9(8(23)5(1-21)29-13)31-14-15(25,32(26,27)28)10(24)6(2-22)30-14/h3-6,8-10,13-14,21-25H,1-2H2,(H2,16,17,18)(H2,26,27,28)/t5-,6-,8?,9?,10-,13-,14?,15+/m1/s1. The molecule has 2 aliphatic heterocycles. The van der Waals surface area contributed by atoms with Gasteiger partial charge < -0.3 is 55.3 Å². The summed E-state index contributed by atoms with van der Waals surface area (Å²) in [5, 5.41) is 47.1. The number of nitrogen functional groups attached to an aromatic ring is 1. The first-order valence-electron chi connectivity index (χ1n) is 9.29. The molecular formula is C15H22N5O11P. The molecule has 0 bridgehead atoms. The third-order valence-electron chi connectivity index (χ3n) is 5.51. The normalized spacial score (nSPS) is 38.0. The number of aromatic nitrogens is 4. The summed E-state index contributed by atoms with van der Waals surface area (Å²) in [7, 11) is -5.50. The average molecular weight is 479 g/mol. The van der Waals surface area contributed by atoms with Crippen molar-refractivity contribution in [1.29, 1.82) is 0 Å². The highest BCUT2D eigenvalue weighted by molar-refractivity contribution is 7.53. The molecule has 17 heteroatoms. The number of hydrogen-bond acceptors (Lipinski definition) is 13. The molecule has 0 amide bonds. The van der Waals surface area contributed by atoms with Gasteiger partial charge in [-0.1, -0.05) is 0 Å². The summed E-state index contributed by atoms with van der Waals surface area (Å²) in [5.74, 6) is 0.0485. The maximum absolute atomic E-state index is 12.0. The van der Waals surface area contributed by atoms with Crippen LogP contribution < -0.4 is 5.73 Å². The molecule has 3 unspecified atom stereocenters. The summed E-state index contributed by atoms with van der Waals surface area (Å²) in [6.07, 6.45) is -9.18. The predicted molar refractivity (Wildman–Crippen MR) is 100 cm³/mol. The average Bonchev–Trinajstić information content (AvgIpc) is 3.38. The van der Waals surface area contributed by atoms with Crippen LogP contribution in [0.2, 0.25) is 0 Å². The maximum Gasteiger partial charge on any atom is 0.365 e. The molecule has 2 saturated heterocycles. The lowest BCUT2D eigenvalue weighted by molar-refractivity contribution is -0.231. The highest BCUT2D eigenvalue weighted by Gasteiger charge is 2.67. The number of ether oxygens (including phenoxy) is 3. The molecule has 16 nitrogen and oxygen atoms in total. The van der Waals surface area contributed by atoms with Gasteiger partial charge in [0.25, 0.3) is 0 Å². The zero-order valence-electron chi connectivity index (χ0n) is 16.2. The van der Waals surface area contributed by atoms with Crippen molar-refractivity contribution in [2.45, 2.75) is 48.4 Å². The van der Waals surface area contributed by atoms with Crippen LogP contribution in [-0.2, 0) is 18.8 Å². The molecule has 4 heterocycles. The molecule has 2 aromatic heterocycles. The topological polar surface area (TPSA) is 256 Å². The van der Waals surface area contributed by atoms with Crippen molar-refractivity contribution in [3.05, 3.63) is 12.7 Å². The minimum atomic E-state index is -5.50. The van der Waals surface area contributed by atoms with Gasteiger partial charge in [0, 0.05) is 0 Å². The fourth-order valence-electron chi connectivity index (χ4n) is 3.77. The lowest BCUT2D eigenvalue weighted by Gasteiger charge is -2.33. The summed E-state index contributed by atoms with van der Waals surface area (Å²) >= 11 is 0. The lowest BCUT2D eigenvalue weighted by atomic mass is 10.1. The van der Waals surface area contributed by atoms with Gasteiger partial charge in [-0.2, -0.15) is 0 Å². The molecule has 4 rings (SSSR count). The van der Waals surface area contributed by atoms with E-state index < -0.39 is 69.2 Å². The van der Waals surface area contributed by atoms with E-state index in [0.717, 1.165) is 6.33 Å². The van der Waals surface area contributed by atoms with E-state index >= 15 is 0 Å². The van der Waals surface area contributed by atoms with Crippen molar-refractivity contribution in [3.63, 3.8) is 0 Å². The fourth-order valence-corrected chi connectivity index (χ4v) is 4.68. The molecule has 178 valence electrons. The van der Waals surface area contributed by atoms with Crippen LogP contribution in [-0.4, -0.2) is 110 Å². The number of anilines is 1. The number of aliphatic hydroxyl groups is 5. The van der Waals surface area contributed by atoms with Crippen LogP contribution in [0.3, 0.4) is 0 Å². The van der Waals surface area contributed by atoms with Crippen LogP contribution in [0.4, 0.5) is 5.82 Å². The highest BCUT2D eigenvalue weighted by atomic mass is 31.2. The summed E-state index contributed by atoms with van der Waals surface area (Å²) in [6.45, 7) is -1.55. The Balaban J connectivity index is 1.73. The van der Waals surface area contributed by atoms with Gasteiger partial charge in [-0.25, -0.2) is 15.0 Å². The van der Waals surface area contributed by atoms with Crippen LogP contribution >= 0.6 is 7.60 Å². The number of imidazole rings is 1. The molecule has 2 aliphatic rings. The van der Waals surface area contributed by atoms with E-state index in [1.165, 1.54) is 10.9 Å². The van der Waals surface area contributed by atoms with Gasteiger partial charge in [-0.15, -0.1) is 0 Å². The molecule has 8 atom stereocenters. The molecular weight excluding hydrogens is 457 g/mol. The van der Waals surface area contributed by atoms with Crippen molar-refractivity contribution in [2.24, 2.45) is 0 Å². The monoisotopic (exact) mass is 479 g/mol. The van der Waals surface area contributed by atoms with Gasteiger partial charge in [0.05, 0.1) is 19.5 Å². The van der Waals surface area contributed by atoms with Crippen molar-refractivity contribution in [1.82, 2.24) is 19.5 Å². The van der Waals surface area contributed by atoms with E-state index in [-0.39, 0.29) is 17.0 Å². The van der Waals surface area contributed by atoms with E-state index in [2.05, 4.69) is 15.0 Å². The van der Waals surface area contributed by atoms with E-state index in [1.807, 2.05) is 0 Å². The predicted octanol–water partition coefficient (Wildman–Crippen LogP) is -4.01. The van der Waals surface area contributed by atoms with Crippen LogP contribution in [0.5, 0.6) is 0 Å². The second kappa shape index (κ2) is 8.19. The number of nitrogens with zero attached hydrogens (tertiary/aromatic N) is 4. The Bertz CT molecular complexity index is 1030. The van der Waals surface area contributed by atoms with Crippen LogP contribution in [0.15, 0.2) is 12.7 Å². The highest BCUT2D eigenvalue weighted by Crippen LogP contribution is 2.58. The smallest absolute Gasteiger partial charge is 0.365 e. The molecule has 2 fully saturated rings. The van der Waals surface area contributed by atoms with Gasteiger partial charge >= 0.3 is 7.60 Å². The second-order valence-corrected chi connectivity index (χ2v) is 9.19. The first-order valence-corrected chi connectivity index (χ1v) is 10.9. The first kappa shape index (κ1) is 23.3. The van der Waals surface area contributed by atoms with E-state index in [9.17, 15) is 39.9 Å². The second-order valence-electron chi connectivity index (χ2n) is 7.38. The Morgan fingerprint density at radius 3 is 2.47 bits per heavy atom. The van der Waals surface area contributed by atoms with Gasteiger partial charge in [-0.3, -0.25) is 9.13 Å². The van der Waals surface area contributed by atoms with Crippen molar-refractivity contribution >= 4 is 24.6 Å². The fraction of sp³-hybridized carbons (Fsp3) is 0.667. The molecule has 2 aromatic rings. The van der Waals surface area contributed by atoms with Crippen LogP contribution in [0.1, 0.15) is 6.23 Å². The van der Waals surface area contributed by atoms with Crippen LogP contribution in [0, 0.1) is 0 Å². The Morgan fingerprint density at radius 1 is 1.16 bits per heavy atom. The number of nitrogens with two attached hydrogens (primary N) is 1. The Labute approximate surface area is 179 Å². The van der Waals surface area contributed by atoms with Gasteiger partial charge in [0.2, 0.25) is 11.6 Å². The summed E-state index contributed by atoms with van der Waals surface area (Å²) in [6, 6.07) is 0. The summed E-state index contributed by atoms with van der Waals surface area (Å²) in [5.41, 5.74) is 6.12. The first-order chi connectivity index (χ1) is 15.0. The van der Waals surface area contributed by atoms with Crippen molar-refractivity contribution < 1.29 is 54.1 Å². The number of aliphatic hydroxyl groups excluding tert-OH is 4. The van der Waals surface area contributed by atoms with Crippen LogP contribution in [0.25, 0.3) is 11.2 Å². The maximum atomic E-state index is 12.0. The van der Waals surface area contributed by atoms with Crippen molar-refractivity contribution in [2.75, 3.05) is 18.9 Å². The molecule has 0 radical (unpaired) electrons. The Hall–Kier alpha value is -1.82. The van der Waals surface area contributed by atoms with Gasteiger partial charge in [-0.05, 0) is 0 Å². The van der Waals surface area contributed by atoms with E-state index in [4.69, 9.17) is 19.9 Å². The minimum Gasteiger partial charge on any atom is -0.394 e. The van der Waals surface area contributed by atoms with Gasteiger partial charge in [0.1, 0.15) is 42.4 Å². The van der Waals surface area contributed by atoms with E-state index in [0.29, 0.717) is 0 Å².